The predicted octanol–water partition coefficient (Wildman–Crippen LogP) is 3.81. The summed E-state index contributed by atoms with van der Waals surface area (Å²) >= 11 is 0. The molecule has 0 radical (unpaired) electrons. The van der Waals surface area contributed by atoms with Crippen molar-refractivity contribution in [2.75, 3.05) is 26.7 Å². The van der Waals surface area contributed by atoms with Crippen LogP contribution in [0.15, 0.2) is 34.7 Å². The predicted molar refractivity (Wildman–Crippen MR) is 99.7 cm³/mol. The largest absolute Gasteiger partial charge is 0.460 e. The fraction of sp³-hybridized carbons (Fsp3) is 0.526. The number of piperidine rings is 1. The minimum Gasteiger partial charge on any atom is -0.460 e. The highest BCUT2D eigenvalue weighted by Crippen LogP contribution is 2.28. The highest BCUT2D eigenvalue weighted by Gasteiger charge is 2.28. The normalized spacial score (nSPS) is 16.8. The molecule has 4 nitrogen and oxygen atoms in total. The number of fused-ring (bicyclic) bond motifs is 1. The summed E-state index contributed by atoms with van der Waals surface area (Å²) in [6.07, 6.45) is 3.43. The molecule has 0 bridgehead atoms. The van der Waals surface area contributed by atoms with Crippen LogP contribution < -0.4 is 5.32 Å². The third-order valence-corrected chi connectivity index (χ3v) is 4.97. The van der Waals surface area contributed by atoms with E-state index in [9.17, 15) is 4.79 Å². The van der Waals surface area contributed by atoms with Crippen LogP contribution in [-0.4, -0.2) is 37.5 Å². The number of carbonyl (C=O) groups excluding carboxylic acids is 1. The number of furan rings is 1. The van der Waals surface area contributed by atoms with Crippen LogP contribution in [0, 0.1) is 5.92 Å². The number of likely N-dealkylation sites (tertiary alicyclic amines) is 1. The van der Waals surface area contributed by atoms with Crippen molar-refractivity contribution in [3.63, 3.8) is 0 Å². The lowest BCUT2D eigenvalue weighted by molar-refractivity contribution is -0.134. The number of nitrogens with zero attached hydrogens (tertiary/aromatic N) is 1. The summed E-state index contributed by atoms with van der Waals surface area (Å²) in [5, 5.41) is 4.27. The van der Waals surface area contributed by atoms with E-state index < -0.39 is 0 Å². The molecular formula is C19H27ClN2O2. The molecule has 5 heteroatoms. The van der Waals surface area contributed by atoms with Crippen LogP contribution in [0.2, 0.25) is 0 Å². The van der Waals surface area contributed by atoms with Crippen LogP contribution in [0.25, 0.3) is 11.0 Å². The molecule has 0 aliphatic carbocycles. The highest BCUT2D eigenvalue weighted by molar-refractivity contribution is 5.86. The number of hydrogen-bond acceptors (Lipinski definition) is 3. The van der Waals surface area contributed by atoms with Crippen molar-refractivity contribution in [3.8, 4) is 0 Å². The zero-order valence-corrected chi connectivity index (χ0v) is 15.3. The smallest absolute Gasteiger partial charge is 0.233 e. The Labute approximate surface area is 150 Å². The number of benzene rings is 1. The average Bonchev–Trinajstić information content (AvgIpc) is 3.03. The molecule has 2 aromatic rings. The maximum Gasteiger partial charge on any atom is 0.233 e. The number of amides is 1. The molecule has 1 aromatic carbocycles. The first-order valence-electron chi connectivity index (χ1n) is 8.61. The van der Waals surface area contributed by atoms with Gasteiger partial charge in [-0.25, -0.2) is 0 Å². The van der Waals surface area contributed by atoms with Crippen molar-refractivity contribution in [1.29, 1.82) is 0 Å². The second-order valence-electron chi connectivity index (χ2n) is 6.57. The second kappa shape index (κ2) is 8.54. The van der Waals surface area contributed by atoms with E-state index in [1.165, 1.54) is 6.42 Å². The number of carbonyl (C=O) groups is 1. The minimum atomic E-state index is -0.212. The fourth-order valence-electron chi connectivity index (χ4n) is 3.40. The molecular weight excluding hydrogens is 324 g/mol. The van der Waals surface area contributed by atoms with Gasteiger partial charge in [0, 0.05) is 18.5 Å². The maximum atomic E-state index is 12.7. The van der Waals surface area contributed by atoms with Crippen molar-refractivity contribution in [2.45, 2.75) is 32.1 Å². The lowest BCUT2D eigenvalue weighted by Crippen LogP contribution is -2.40. The molecule has 0 saturated carbocycles. The van der Waals surface area contributed by atoms with Gasteiger partial charge in [-0.05, 0) is 57.8 Å². The molecule has 1 unspecified atom stereocenters. The van der Waals surface area contributed by atoms with Gasteiger partial charge < -0.3 is 14.6 Å². The zero-order chi connectivity index (χ0) is 16.2. The van der Waals surface area contributed by atoms with Gasteiger partial charge >= 0.3 is 0 Å². The molecule has 24 heavy (non-hydrogen) atoms. The lowest BCUT2D eigenvalue weighted by atomic mass is 9.92. The molecule has 2 heterocycles. The topological polar surface area (TPSA) is 45.5 Å². The van der Waals surface area contributed by atoms with Crippen LogP contribution in [0.3, 0.4) is 0 Å². The van der Waals surface area contributed by atoms with Gasteiger partial charge in [0.15, 0.2) is 0 Å². The molecule has 1 aliphatic rings. The van der Waals surface area contributed by atoms with E-state index in [0.717, 1.165) is 55.1 Å². The summed E-state index contributed by atoms with van der Waals surface area (Å²) in [5.74, 6) is 1.49. The summed E-state index contributed by atoms with van der Waals surface area (Å²) in [6.45, 7) is 4.76. The van der Waals surface area contributed by atoms with E-state index in [1.54, 1.807) is 0 Å². The monoisotopic (exact) mass is 350 g/mol. The minimum absolute atomic E-state index is 0. The van der Waals surface area contributed by atoms with Gasteiger partial charge in [0.25, 0.3) is 0 Å². The first-order valence-corrected chi connectivity index (χ1v) is 8.61. The van der Waals surface area contributed by atoms with Crippen molar-refractivity contribution in [3.05, 3.63) is 36.1 Å². The van der Waals surface area contributed by atoms with Gasteiger partial charge in [-0.3, -0.25) is 4.79 Å². The average molecular weight is 351 g/mol. The van der Waals surface area contributed by atoms with Gasteiger partial charge in [-0.15, -0.1) is 12.4 Å². The maximum absolute atomic E-state index is 12.7. The van der Waals surface area contributed by atoms with Crippen LogP contribution >= 0.6 is 12.4 Å². The number of para-hydroxylation sites is 1. The number of halogens is 1. The van der Waals surface area contributed by atoms with Gasteiger partial charge in [-0.1, -0.05) is 18.2 Å². The Morgan fingerprint density at radius 1 is 1.33 bits per heavy atom. The fourth-order valence-corrected chi connectivity index (χ4v) is 3.40. The molecule has 1 N–H and O–H groups in total. The van der Waals surface area contributed by atoms with E-state index in [0.29, 0.717) is 0 Å². The van der Waals surface area contributed by atoms with Gasteiger partial charge in [-0.2, -0.15) is 0 Å². The lowest BCUT2D eigenvalue weighted by Gasteiger charge is -2.33. The summed E-state index contributed by atoms with van der Waals surface area (Å²) in [7, 11) is 1.99. The van der Waals surface area contributed by atoms with Gasteiger partial charge in [0.1, 0.15) is 11.3 Å². The Morgan fingerprint density at radius 2 is 2.04 bits per heavy atom. The summed E-state index contributed by atoms with van der Waals surface area (Å²) < 4.78 is 5.86. The Hall–Kier alpha value is -1.52. The third kappa shape index (κ3) is 4.11. The number of rotatable bonds is 5. The Bertz CT molecular complexity index is 629. The highest BCUT2D eigenvalue weighted by atomic mass is 35.5. The van der Waals surface area contributed by atoms with Gasteiger partial charge in [0.05, 0.1) is 5.92 Å². The molecule has 1 atom stereocenters. The number of hydrogen-bond donors (Lipinski definition) is 1. The summed E-state index contributed by atoms with van der Waals surface area (Å²) in [5.41, 5.74) is 0.855. The van der Waals surface area contributed by atoms with Crippen molar-refractivity contribution in [2.24, 2.45) is 5.92 Å². The quantitative estimate of drug-likeness (QED) is 0.891. The summed E-state index contributed by atoms with van der Waals surface area (Å²) in [6, 6.07) is 9.91. The van der Waals surface area contributed by atoms with Crippen molar-refractivity contribution >= 4 is 29.3 Å². The Balaban J connectivity index is 0.00000208. The van der Waals surface area contributed by atoms with E-state index in [-0.39, 0.29) is 24.2 Å². The standard InChI is InChI=1S/C19H26N2O2.ClH/c1-14(18-13-16-5-3-4-6-17(16)23-18)19(22)21-11-8-15(9-12-21)7-10-20-2;/h3-6,13-15,20H,7-12H2,1-2H3;1H. The van der Waals surface area contributed by atoms with Crippen molar-refractivity contribution < 1.29 is 9.21 Å². The molecule has 3 rings (SSSR count). The molecule has 1 aliphatic heterocycles. The molecule has 1 amide bonds. The molecule has 132 valence electrons. The van der Waals surface area contributed by atoms with E-state index in [1.807, 2.05) is 49.2 Å². The number of nitrogens with one attached hydrogen (secondary N) is 1. The molecule has 0 spiro atoms. The first kappa shape index (κ1) is 18.8. The van der Waals surface area contributed by atoms with Crippen LogP contribution in [0.5, 0.6) is 0 Å². The molecule has 1 aromatic heterocycles. The van der Waals surface area contributed by atoms with Crippen molar-refractivity contribution in [1.82, 2.24) is 10.2 Å². The first-order chi connectivity index (χ1) is 11.2. The van der Waals surface area contributed by atoms with Crippen LogP contribution in [-0.2, 0) is 4.79 Å². The zero-order valence-electron chi connectivity index (χ0n) is 14.5. The Morgan fingerprint density at radius 3 is 2.71 bits per heavy atom. The van der Waals surface area contributed by atoms with E-state index in [2.05, 4.69) is 5.32 Å². The third-order valence-electron chi connectivity index (χ3n) is 4.97. The summed E-state index contributed by atoms with van der Waals surface area (Å²) in [4.78, 5) is 14.8. The SMILES string of the molecule is CNCCC1CCN(C(=O)C(C)c2cc3ccccc3o2)CC1.Cl. The second-order valence-corrected chi connectivity index (χ2v) is 6.57. The van der Waals surface area contributed by atoms with E-state index >= 15 is 0 Å². The molecule has 1 fully saturated rings. The van der Waals surface area contributed by atoms with Crippen LogP contribution in [0.4, 0.5) is 0 Å². The van der Waals surface area contributed by atoms with Crippen LogP contribution in [0.1, 0.15) is 37.9 Å². The van der Waals surface area contributed by atoms with Gasteiger partial charge in [0.2, 0.25) is 5.91 Å². The Kier molecular flexibility index (Phi) is 6.69. The molecule has 1 saturated heterocycles. The van der Waals surface area contributed by atoms with E-state index in [4.69, 9.17) is 4.42 Å².